The number of ether oxygens (including phenoxy) is 2. The molecule has 9 nitrogen and oxygen atoms in total. The van der Waals surface area contributed by atoms with Crippen LogP contribution in [0, 0.1) is 0 Å². The minimum atomic E-state index is -3.79. The molecular weight excluding hydrogens is 444 g/mol. The molecular formula is C20H19ClN4O5S. The topological polar surface area (TPSA) is 125 Å². The number of rotatable bonds is 5. The van der Waals surface area contributed by atoms with Gasteiger partial charge < -0.3 is 15.2 Å². The van der Waals surface area contributed by atoms with Crippen molar-refractivity contribution in [3.8, 4) is 0 Å². The summed E-state index contributed by atoms with van der Waals surface area (Å²) < 4.78 is 37.5. The lowest BCUT2D eigenvalue weighted by molar-refractivity contribution is 0.0462. The Labute approximate surface area is 183 Å². The molecule has 0 unspecified atom stereocenters. The Balaban J connectivity index is 1.54. The first-order valence-electron chi connectivity index (χ1n) is 9.42. The largest absolute Gasteiger partial charge is 0.454 e. The maximum absolute atomic E-state index is 12.9. The van der Waals surface area contributed by atoms with Crippen molar-refractivity contribution in [3.05, 3.63) is 58.9 Å². The van der Waals surface area contributed by atoms with E-state index >= 15 is 0 Å². The van der Waals surface area contributed by atoms with Crippen molar-refractivity contribution in [1.82, 2.24) is 14.3 Å². The SMILES string of the molecule is Nc1nc(COC(=O)c2cc(S(=O)(=O)N3CCOCC3)ccc2Cl)nc2ccccc12. The summed E-state index contributed by atoms with van der Waals surface area (Å²) >= 11 is 6.13. The number of carbonyl (C=O) groups excluding carboxylic acids is 1. The lowest BCUT2D eigenvalue weighted by Gasteiger charge is -2.26. The molecule has 0 saturated carbocycles. The second-order valence-corrected chi connectivity index (χ2v) is 9.12. The van der Waals surface area contributed by atoms with E-state index in [9.17, 15) is 13.2 Å². The van der Waals surface area contributed by atoms with Crippen molar-refractivity contribution in [3.63, 3.8) is 0 Å². The Kier molecular flexibility index (Phi) is 6.05. The highest BCUT2D eigenvalue weighted by molar-refractivity contribution is 7.89. The molecule has 31 heavy (non-hydrogen) atoms. The number of sulfonamides is 1. The molecule has 0 amide bonds. The second-order valence-electron chi connectivity index (χ2n) is 6.78. The van der Waals surface area contributed by atoms with E-state index in [0.717, 1.165) is 0 Å². The fraction of sp³-hybridized carbons (Fsp3) is 0.250. The fourth-order valence-corrected chi connectivity index (χ4v) is 4.81. The number of benzene rings is 2. The van der Waals surface area contributed by atoms with Crippen LogP contribution < -0.4 is 5.73 Å². The van der Waals surface area contributed by atoms with Crippen LogP contribution in [-0.2, 0) is 26.1 Å². The zero-order valence-corrected chi connectivity index (χ0v) is 17.9. The Morgan fingerprint density at radius 1 is 1.16 bits per heavy atom. The number of nitrogens with two attached hydrogens (primary N) is 1. The predicted octanol–water partition coefficient (Wildman–Crippen LogP) is 2.24. The molecule has 4 rings (SSSR count). The van der Waals surface area contributed by atoms with Gasteiger partial charge in [0.05, 0.1) is 34.2 Å². The van der Waals surface area contributed by atoms with Gasteiger partial charge >= 0.3 is 5.97 Å². The highest BCUT2D eigenvalue weighted by atomic mass is 35.5. The maximum Gasteiger partial charge on any atom is 0.340 e. The van der Waals surface area contributed by atoms with E-state index < -0.39 is 16.0 Å². The van der Waals surface area contributed by atoms with E-state index in [1.165, 1.54) is 22.5 Å². The average Bonchev–Trinajstić information content (AvgIpc) is 2.78. The molecule has 0 atom stereocenters. The van der Waals surface area contributed by atoms with Crippen LogP contribution in [0.3, 0.4) is 0 Å². The van der Waals surface area contributed by atoms with Gasteiger partial charge in [0.2, 0.25) is 10.0 Å². The lowest BCUT2D eigenvalue weighted by atomic mass is 10.2. The molecule has 2 N–H and O–H groups in total. The highest BCUT2D eigenvalue weighted by Gasteiger charge is 2.28. The summed E-state index contributed by atoms with van der Waals surface area (Å²) in [6.07, 6.45) is 0. The molecule has 3 aromatic rings. The molecule has 0 aliphatic carbocycles. The third-order valence-electron chi connectivity index (χ3n) is 4.78. The number of carbonyl (C=O) groups is 1. The molecule has 0 spiro atoms. The molecule has 162 valence electrons. The van der Waals surface area contributed by atoms with Gasteiger partial charge in [0, 0.05) is 18.5 Å². The number of morpholine rings is 1. The van der Waals surface area contributed by atoms with Crippen LogP contribution in [0.2, 0.25) is 5.02 Å². The summed E-state index contributed by atoms with van der Waals surface area (Å²) in [5.74, 6) is -0.301. The molecule has 2 aromatic carbocycles. The van der Waals surface area contributed by atoms with E-state index in [4.69, 9.17) is 26.8 Å². The van der Waals surface area contributed by atoms with E-state index in [1.54, 1.807) is 12.1 Å². The first kappa shape index (κ1) is 21.4. The van der Waals surface area contributed by atoms with Crippen LogP contribution in [0.15, 0.2) is 47.4 Å². The highest BCUT2D eigenvalue weighted by Crippen LogP contribution is 2.25. The molecule has 1 aliphatic heterocycles. The fourth-order valence-electron chi connectivity index (χ4n) is 3.18. The second kappa shape index (κ2) is 8.75. The summed E-state index contributed by atoms with van der Waals surface area (Å²) in [4.78, 5) is 21.1. The number of nitrogen functional groups attached to an aromatic ring is 1. The molecule has 1 fully saturated rings. The number of aromatic nitrogens is 2. The van der Waals surface area contributed by atoms with Crippen molar-refractivity contribution in [2.24, 2.45) is 0 Å². The van der Waals surface area contributed by atoms with E-state index in [1.807, 2.05) is 12.1 Å². The van der Waals surface area contributed by atoms with Gasteiger partial charge in [-0.3, -0.25) is 0 Å². The zero-order valence-electron chi connectivity index (χ0n) is 16.3. The van der Waals surface area contributed by atoms with Gasteiger partial charge in [0.25, 0.3) is 0 Å². The Morgan fingerprint density at radius 3 is 2.68 bits per heavy atom. The summed E-state index contributed by atoms with van der Waals surface area (Å²) in [5, 5.41) is 0.770. The first-order chi connectivity index (χ1) is 14.9. The van der Waals surface area contributed by atoms with Crippen molar-refractivity contribution in [2.45, 2.75) is 11.5 Å². The number of hydrogen-bond donors (Lipinski definition) is 1. The predicted molar refractivity (Wildman–Crippen MR) is 114 cm³/mol. The molecule has 1 saturated heterocycles. The average molecular weight is 463 g/mol. The van der Waals surface area contributed by atoms with Gasteiger partial charge in [-0.15, -0.1) is 0 Å². The summed E-state index contributed by atoms with van der Waals surface area (Å²) in [6, 6.07) is 11.1. The van der Waals surface area contributed by atoms with Gasteiger partial charge in [-0.1, -0.05) is 23.7 Å². The number of hydrogen-bond acceptors (Lipinski definition) is 8. The monoisotopic (exact) mass is 462 g/mol. The third-order valence-corrected chi connectivity index (χ3v) is 7.00. The summed E-state index contributed by atoms with van der Waals surface area (Å²) in [7, 11) is -3.79. The van der Waals surface area contributed by atoms with Crippen LogP contribution in [-0.4, -0.2) is 55.0 Å². The van der Waals surface area contributed by atoms with Gasteiger partial charge in [-0.25, -0.2) is 23.2 Å². The van der Waals surface area contributed by atoms with Crippen molar-refractivity contribution in [1.29, 1.82) is 0 Å². The quantitative estimate of drug-likeness (QED) is 0.572. The van der Waals surface area contributed by atoms with Crippen molar-refractivity contribution < 1.29 is 22.7 Å². The first-order valence-corrected chi connectivity index (χ1v) is 11.2. The minimum absolute atomic E-state index is 0.0445. The zero-order chi connectivity index (χ0) is 22.0. The van der Waals surface area contributed by atoms with Crippen LogP contribution in [0.1, 0.15) is 16.2 Å². The summed E-state index contributed by atoms with van der Waals surface area (Å²) in [5.41, 5.74) is 6.50. The molecule has 0 radical (unpaired) electrons. The number of anilines is 1. The minimum Gasteiger partial charge on any atom is -0.454 e. The van der Waals surface area contributed by atoms with Gasteiger partial charge in [-0.05, 0) is 30.3 Å². The van der Waals surface area contributed by atoms with E-state index in [-0.39, 0.29) is 46.8 Å². The lowest BCUT2D eigenvalue weighted by Crippen LogP contribution is -2.40. The number of para-hydroxylation sites is 1. The number of halogens is 1. The summed E-state index contributed by atoms with van der Waals surface area (Å²) in [6.45, 7) is 0.870. The number of fused-ring (bicyclic) bond motifs is 1. The standard InChI is InChI=1S/C20H19ClN4O5S/c21-16-6-5-13(31(27,28)25-7-9-29-10-8-25)11-15(16)20(26)30-12-18-23-17-4-2-1-3-14(17)19(22)24-18/h1-6,11H,7-10,12H2,(H2,22,23,24). The Bertz CT molecular complexity index is 1250. The van der Waals surface area contributed by atoms with Crippen molar-refractivity contribution in [2.75, 3.05) is 32.0 Å². The molecule has 11 heteroatoms. The van der Waals surface area contributed by atoms with Crippen molar-refractivity contribution >= 4 is 44.3 Å². The normalized spacial score (nSPS) is 15.1. The third kappa shape index (κ3) is 4.47. The Morgan fingerprint density at radius 2 is 1.90 bits per heavy atom. The number of nitrogens with zero attached hydrogens (tertiary/aromatic N) is 3. The van der Waals surface area contributed by atoms with Crippen LogP contribution in [0.5, 0.6) is 0 Å². The number of esters is 1. The Hall–Kier alpha value is -2.79. The van der Waals surface area contributed by atoms with E-state index in [2.05, 4.69) is 9.97 Å². The van der Waals surface area contributed by atoms with Gasteiger partial charge in [0.1, 0.15) is 5.82 Å². The van der Waals surface area contributed by atoms with Crippen LogP contribution >= 0.6 is 11.6 Å². The van der Waals surface area contributed by atoms with Gasteiger partial charge in [-0.2, -0.15) is 4.31 Å². The van der Waals surface area contributed by atoms with Crippen LogP contribution in [0.25, 0.3) is 10.9 Å². The smallest absolute Gasteiger partial charge is 0.340 e. The molecule has 2 heterocycles. The molecule has 0 bridgehead atoms. The maximum atomic E-state index is 12.9. The van der Waals surface area contributed by atoms with Crippen LogP contribution in [0.4, 0.5) is 5.82 Å². The van der Waals surface area contributed by atoms with E-state index in [0.29, 0.717) is 24.1 Å². The van der Waals surface area contributed by atoms with Gasteiger partial charge in [0.15, 0.2) is 12.4 Å². The molecule has 1 aliphatic rings. The molecule has 1 aromatic heterocycles.